The fraction of sp³-hybridized carbons (Fsp3) is 0.100. The van der Waals surface area contributed by atoms with Crippen LogP contribution in [0.3, 0.4) is 0 Å². The zero-order chi connectivity index (χ0) is 13.3. The van der Waals surface area contributed by atoms with Crippen molar-refractivity contribution in [1.82, 2.24) is 9.97 Å². The average molecular weight is 270 g/mol. The first kappa shape index (κ1) is 12.4. The summed E-state index contributed by atoms with van der Waals surface area (Å²) in [6, 6.07) is 3.91. The highest BCUT2D eigenvalue weighted by molar-refractivity contribution is 7.92. The zero-order valence-corrected chi connectivity index (χ0v) is 10.3. The monoisotopic (exact) mass is 270 g/mol. The molecule has 0 spiro atoms. The number of rotatable bonds is 3. The third kappa shape index (κ3) is 2.28. The van der Waals surface area contributed by atoms with Crippen molar-refractivity contribution in [3.63, 3.8) is 0 Å². The van der Waals surface area contributed by atoms with Crippen molar-refractivity contribution in [3.8, 4) is 0 Å². The maximum Gasteiger partial charge on any atom is 0.279 e. The van der Waals surface area contributed by atoms with Crippen LogP contribution in [0.4, 0.5) is 15.8 Å². The molecule has 8 heteroatoms. The van der Waals surface area contributed by atoms with Gasteiger partial charge in [0.2, 0.25) is 0 Å². The number of anilines is 2. The van der Waals surface area contributed by atoms with E-state index in [4.69, 9.17) is 5.73 Å². The number of aryl methyl sites for hydroxylation is 1. The molecule has 1 aromatic heterocycles. The third-order valence-electron chi connectivity index (χ3n) is 2.25. The molecule has 0 radical (unpaired) electrons. The van der Waals surface area contributed by atoms with E-state index in [0.717, 1.165) is 12.3 Å². The fourth-order valence-corrected chi connectivity index (χ4v) is 2.44. The van der Waals surface area contributed by atoms with Gasteiger partial charge in [-0.3, -0.25) is 4.72 Å². The van der Waals surface area contributed by atoms with Crippen LogP contribution in [0.2, 0.25) is 0 Å². The SMILES string of the molecule is Cc1ncc(S(=O)(=O)Nc2c(N)cccc2F)[nH]1. The summed E-state index contributed by atoms with van der Waals surface area (Å²) in [5.41, 5.74) is 5.25. The summed E-state index contributed by atoms with van der Waals surface area (Å²) in [6.07, 6.45) is 1.15. The Morgan fingerprint density at radius 1 is 1.44 bits per heavy atom. The topological polar surface area (TPSA) is 101 Å². The maximum absolute atomic E-state index is 13.5. The molecule has 1 aromatic carbocycles. The van der Waals surface area contributed by atoms with Crippen molar-refractivity contribution in [3.05, 3.63) is 36.0 Å². The third-order valence-corrected chi connectivity index (χ3v) is 3.51. The molecule has 0 atom stereocenters. The van der Waals surface area contributed by atoms with Crippen LogP contribution < -0.4 is 10.5 Å². The van der Waals surface area contributed by atoms with Gasteiger partial charge in [0, 0.05) is 0 Å². The summed E-state index contributed by atoms with van der Waals surface area (Å²) < 4.78 is 39.4. The number of benzene rings is 1. The number of halogens is 1. The van der Waals surface area contributed by atoms with Gasteiger partial charge >= 0.3 is 0 Å². The number of nitrogen functional groups attached to an aromatic ring is 1. The van der Waals surface area contributed by atoms with Gasteiger partial charge < -0.3 is 10.7 Å². The first-order valence-electron chi connectivity index (χ1n) is 4.98. The number of nitrogens with zero attached hydrogens (tertiary/aromatic N) is 1. The lowest BCUT2D eigenvalue weighted by Gasteiger charge is -2.09. The van der Waals surface area contributed by atoms with Crippen molar-refractivity contribution in [2.75, 3.05) is 10.5 Å². The molecule has 2 rings (SSSR count). The van der Waals surface area contributed by atoms with Gasteiger partial charge in [0.05, 0.1) is 11.9 Å². The second kappa shape index (κ2) is 4.30. The van der Waals surface area contributed by atoms with Gasteiger partial charge in [-0.1, -0.05) is 6.07 Å². The van der Waals surface area contributed by atoms with Crippen LogP contribution in [-0.4, -0.2) is 18.4 Å². The highest BCUT2D eigenvalue weighted by atomic mass is 32.2. The minimum Gasteiger partial charge on any atom is -0.397 e. The number of imidazole rings is 1. The molecule has 6 nitrogen and oxygen atoms in total. The van der Waals surface area contributed by atoms with E-state index in [-0.39, 0.29) is 16.4 Å². The van der Waals surface area contributed by atoms with Gasteiger partial charge in [0.15, 0.2) is 5.03 Å². The number of aromatic nitrogens is 2. The molecule has 0 saturated carbocycles. The second-order valence-corrected chi connectivity index (χ2v) is 5.29. The van der Waals surface area contributed by atoms with Crippen LogP contribution in [0.15, 0.2) is 29.4 Å². The predicted molar refractivity (Wildman–Crippen MR) is 64.9 cm³/mol. The van der Waals surface area contributed by atoms with Gasteiger partial charge in [0.25, 0.3) is 10.0 Å². The molecule has 0 bridgehead atoms. The van der Waals surface area contributed by atoms with E-state index >= 15 is 0 Å². The number of hydrogen-bond donors (Lipinski definition) is 3. The molecular formula is C10H11FN4O2S. The number of sulfonamides is 1. The van der Waals surface area contributed by atoms with Gasteiger partial charge in [0.1, 0.15) is 17.3 Å². The van der Waals surface area contributed by atoms with E-state index in [1.165, 1.54) is 12.1 Å². The maximum atomic E-state index is 13.5. The predicted octanol–water partition coefficient (Wildman–Crippen LogP) is 1.24. The van der Waals surface area contributed by atoms with Crippen LogP contribution in [0, 0.1) is 12.7 Å². The highest BCUT2D eigenvalue weighted by Gasteiger charge is 2.19. The minimum absolute atomic E-state index is 0.00909. The molecular weight excluding hydrogens is 259 g/mol. The van der Waals surface area contributed by atoms with Gasteiger partial charge in [-0.05, 0) is 19.1 Å². The van der Waals surface area contributed by atoms with E-state index in [0.29, 0.717) is 5.82 Å². The Kier molecular flexibility index (Phi) is 2.95. The Morgan fingerprint density at radius 3 is 2.72 bits per heavy atom. The lowest BCUT2D eigenvalue weighted by atomic mass is 10.3. The molecule has 96 valence electrons. The zero-order valence-electron chi connectivity index (χ0n) is 9.44. The number of H-pyrrole nitrogens is 1. The molecule has 0 aliphatic heterocycles. The number of hydrogen-bond acceptors (Lipinski definition) is 4. The van der Waals surface area contributed by atoms with Gasteiger partial charge in [-0.25, -0.2) is 9.37 Å². The molecule has 0 aliphatic rings. The number of nitrogens with two attached hydrogens (primary N) is 1. The Bertz CT molecular complexity index is 661. The molecule has 1 heterocycles. The van der Waals surface area contributed by atoms with Crippen molar-refractivity contribution in [2.24, 2.45) is 0 Å². The lowest BCUT2D eigenvalue weighted by Crippen LogP contribution is -2.15. The minimum atomic E-state index is -3.93. The van der Waals surface area contributed by atoms with Crippen LogP contribution in [-0.2, 0) is 10.0 Å². The Balaban J connectivity index is 2.40. The van der Waals surface area contributed by atoms with Gasteiger partial charge in [-0.2, -0.15) is 8.42 Å². The van der Waals surface area contributed by atoms with E-state index in [9.17, 15) is 12.8 Å². The molecule has 0 aliphatic carbocycles. The standard InChI is InChI=1S/C10H11FN4O2S/c1-6-13-5-9(14-6)18(16,17)15-10-7(11)3-2-4-8(10)12/h2-5,15H,12H2,1H3,(H,13,14). The van der Waals surface area contributed by atoms with Crippen molar-refractivity contribution in [2.45, 2.75) is 11.9 Å². The summed E-state index contributed by atoms with van der Waals surface area (Å²) in [7, 11) is -3.93. The molecule has 4 N–H and O–H groups in total. The number of nitrogens with one attached hydrogen (secondary N) is 2. The first-order chi connectivity index (χ1) is 8.40. The summed E-state index contributed by atoms with van der Waals surface area (Å²) >= 11 is 0. The summed E-state index contributed by atoms with van der Waals surface area (Å²) in [6.45, 7) is 1.61. The van der Waals surface area contributed by atoms with Crippen LogP contribution in [0.5, 0.6) is 0 Å². The summed E-state index contributed by atoms with van der Waals surface area (Å²) in [5.74, 6) is -0.299. The van der Waals surface area contributed by atoms with Crippen LogP contribution in [0.1, 0.15) is 5.82 Å². The van der Waals surface area contributed by atoms with Crippen LogP contribution in [0.25, 0.3) is 0 Å². The van der Waals surface area contributed by atoms with E-state index in [1.807, 2.05) is 0 Å². The highest BCUT2D eigenvalue weighted by Crippen LogP contribution is 2.24. The normalized spacial score (nSPS) is 11.4. The molecule has 0 unspecified atom stereocenters. The molecule has 18 heavy (non-hydrogen) atoms. The number of para-hydroxylation sites is 1. The van der Waals surface area contributed by atoms with Crippen molar-refractivity contribution < 1.29 is 12.8 Å². The smallest absolute Gasteiger partial charge is 0.279 e. The quantitative estimate of drug-likeness (QED) is 0.730. The first-order valence-corrected chi connectivity index (χ1v) is 6.47. The van der Waals surface area contributed by atoms with E-state index in [2.05, 4.69) is 14.7 Å². The van der Waals surface area contributed by atoms with Gasteiger partial charge in [-0.15, -0.1) is 0 Å². The molecule has 0 fully saturated rings. The Hall–Kier alpha value is -2.09. The van der Waals surface area contributed by atoms with Crippen molar-refractivity contribution in [1.29, 1.82) is 0 Å². The summed E-state index contributed by atoms with van der Waals surface area (Å²) in [4.78, 5) is 6.32. The fourth-order valence-electron chi connectivity index (χ4n) is 1.37. The second-order valence-electron chi connectivity index (χ2n) is 3.64. The lowest BCUT2D eigenvalue weighted by molar-refractivity contribution is 0.595. The Morgan fingerprint density at radius 2 is 2.17 bits per heavy atom. The molecule has 2 aromatic rings. The molecule has 0 saturated heterocycles. The average Bonchev–Trinajstić information content (AvgIpc) is 2.71. The molecule has 0 amide bonds. The Labute approximate surface area is 103 Å². The summed E-state index contributed by atoms with van der Waals surface area (Å²) in [5, 5.41) is -0.150. The van der Waals surface area contributed by atoms with E-state index in [1.54, 1.807) is 6.92 Å². The number of aromatic amines is 1. The van der Waals surface area contributed by atoms with Crippen molar-refractivity contribution >= 4 is 21.4 Å². The largest absolute Gasteiger partial charge is 0.397 e. The van der Waals surface area contributed by atoms with E-state index < -0.39 is 15.8 Å². The van der Waals surface area contributed by atoms with Crippen LogP contribution >= 0.6 is 0 Å².